The van der Waals surface area contributed by atoms with Crippen LogP contribution in [-0.2, 0) is 9.59 Å². The first kappa shape index (κ1) is 20.9. The summed E-state index contributed by atoms with van der Waals surface area (Å²) >= 11 is 1.54. The third kappa shape index (κ3) is 5.44. The minimum atomic E-state index is -0.276. The number of rotatable bonds is 8. The first-order chi connectivity index (χ1) is 15.2. The monoisotopic (exact) mass is 430 g/mol. The fourth-order valence-corrected chi connectivity index (χ4v) is 4.16. The van der Waals surface area contributed by atoms with Crippen LogP contribution in [0.3, 0.4) is 0 Å². The van der Waals surface area contributed by atoms with Crippen molar-refractivity contribution in [3.63, 3.8) is 0 Å². The fraction of sp³-hybridized carbons (Fsp3) is 0.154. The van der Waals surface area contributed by atoms with Crippen molar-refractivity contribution in [1.29, 1.82) is 0 Å². The Hall–Kier alpha value is -3.31. The molecule has 0 aliphatic carbocycles. The van der Waals surface area contributed by atoms with Crippen LogP contribution in [0, 0.1) is 0 Å². The highest BCUT2D eigenvalue weighted by molar-refractivity contribution is 7.99. The number of thioether (sulfide) groups is 1. The molecule has 4 nitrogen and oxygen atoms in total. The maximum atomic E-state index is 12.2. The topological polar surface area (TPSA) is 52.6 Å². The molecular formula is C26H22O4S. The lowest BCUT2D eigenvalue weighted by Crippen LogP contribution is -2.11. The van der Waals surface area contributed by atoms with Crippen molar-refractivity contribution in [1.82, 2.24) is 0 Å². The SMILES string of the molecule is O=C(CCSCCC(=O)Oc1cccc2ccccc12)Oc1cccc2ccccc12. The Bertz CT molecular complexity index is 1110. The second-order valence-electron chi connectivity index (χ2n) is 7.02. The van der Waals surface area contributed by atoms with E-state index in [0.29, 0.717) is 23.0 Å². The van der Waals surface area contributed by atoms with Crippen molar-refractivity contribution < 1.29 is 19.1 Å². The number of hydrogen-bond donors (Lipinski definition) is 0. The molecule has 0 amide bonds. The summed E-state index contributed by atoms with van der Waals surface area (Å²) in [5.74, 6) is 1.78. The van der Waals surface area contributed by atoms with Gasteiger partial charge in [0.25, 0.3) is 0 Å². The van der Waals surface area contributed by atoms with Crippen LogP contribution in [0.15, 0.2) is 84.9 Å². The highest BCUT2D eigenvalue weighted by atomic mass is 32.2. The van der Waals surface area contributed by atoms with E-state index in [2.05, 4.69) is 0 Å². The van der Waals surface area contributed by atoms with Gasteiger partial charge in [-0.1, -0.05) is 72.8 Å². The molecule has 0 aromatic heterocycles. The number of hydrogen-bond acceptors (Lipinski definition) is 5. The molecule has 0 N–H and O–H groups in total. The largest absolute Gasteiger partial charge is 0.426 e. The first-order valence-electron chi connectivity index (χ1n) is 10.2. The lowest BCUT2D eigenvalue weighted by molar-refractivity contribution is -0.134. The maximum Gasteiger partial charge on any atom is 0.312 e. The molecule has 0 aliphatic heterocycles. The third-order valence-corrected chi connectivity index (χ3v) is 5.83. The highest BCUT2D eigenvalue weighted by Crippen LogP contribution is 2.26. The van der Waals surface area contributed by atoms with E-state index in [1.807, 2.05) is 72.8 Å². The molecule has 0 atom stereocenters. The van der Waals surface area contributed by atoms with Crippen molar-refractivity contribution >= 4 is 45.2 Å². The van der Waals surface area contributed by atoms with E-state index < -0.39 is 0 Å². The number of ether oxygens (including phenoxy) is 2. The van der Waals surface area contributed by atoms with Crippen molar-refractivity contribution in [2.45, 2.75) is 12.8 Å². The van der Waals surface area contributed by atoms with Gasteiger partial charge in [-0.3, -0.25) is 9.59 Å². The van der Waals surface area contributed by atoms with Crippen molar-refractivity contribution in [2.24, 2.45) is 0 Å². The van der Waals surface area contributed by atoms with Crippen LogP contribution < -0.4 is 9.47 Å². The number of carbonyl (C=O) groups is 2. The predicted molar refractivity (Wildman–Crippen MR) is 126 cm³/mol. The number of fused-ring (bicyclic) bond motifs is 2. The Balaban J connectivity index is 1.20. The summed E-state index contributed by atoms with van der Waals surface area (Å²) in [5.41, 5.74) is 0. The van der Waals surface area contributed by atoms with Crippen LogP contribution in [0.5, 0.6) is 11.5 Å². The van der Waals surface area contributed by atoms with Crippen LogP contribution in [0.25, 0.3) is 21.5 Å². The molecule has 0 unspecified atom stereocenters. The maximum absolute atomic E-state index is 12.2. The summed E-state index contributed by atoms with van der Waals surface area (Å²) in [7, 11) is 0. The fourth-order valence-electron chi connectivity index (χ4n) is 3.33. The van der Waals surface area contributed by atoms with Gasteiger partial charge in [0, 0.05) is 22.3 Å². The van der Waals surface area contributed by atoms with Gasteiger partial charge in [0.05, 0.1) is 12.8 Å². The van der Waals surface area contributed by atoms with Gasteiger partial charge in [0.1, 0.15) is 11.5 Å². The third-order valence-electron chi connectivity index (χ3n) is 4.85. The smallest absolute Gasteiger partial charge is 0.312 e. The summed E-state index contributed by atoms with van der Waals surface area (Å²) in [6.07, 6.45) is 0.568. The van der Waals surface area contributed by atoms with Gasteiger partial charge in [0.2, 0.25) is 0 Å². The zero-order valence-corrected chi connectivity index (χ0v) is 17.8. The number of esters is 2. The van der Waals surface area contributed by atoms with Crippen LogP contribution in [-0.4, -0.2) is 23.4 Å². The molecule has 4 aromatic rings. The number of carbonyl (C=O) groups excluding carboxylic acids is 2. The van der Waals surface area contributed by atoms with E-state index in [1.165, 1.54) is 11.8 Å². The molecule has 0 heterocycles. The molecule has 0 spiro atoms. The molecule has 0 radical (unpaired) electrons. The lowest BCUT2D eigenvalue weighted by atomic mass is 10.1. The molecule has 156 valence electrons. The Morgan fingerprint density at radius 1 is 0.581 bits per heavy atom. The van der Waals surface area contributed by atoms with Crippen molar-refractivity contribution in [3.05, 3.63) is 84.9 Å². The van der Waals surface area contributed by atoms with E-state index in [9.17, 15) is 9.59 Å². The zero-order chi connectivity index (χ0) is 21.5. The predicted octanol–water partition coefficient (Wildman–Crippen LogP) is 6.02. The van der Waals surface area contributed by atoms with Gasteiger partial charge in [-0.25, -0.2) is 0 Å². The van der Waals surface area contributed by atoms with Gasteiger partial charge in [-0.15, -0.1) is 0 Å². The summed E-state index contributed by atoms with van der Waals surface area (Å²) in [6.45, 7) is 0. The summed E-state index contributed by atoms with van der Waals surface area (Å²) < 4.78 is 11.1. The van der Waals surface area contributed by atoms with Crippen molar-refractivity contribution in [2.75, 3.05) is 11.5 Å². The van der Waals surface area contributed by atoms with E-state index in [1.54, 1.807) is 12.1 Å². The van der Waals surface area contributed by atoms with Gasteiger partial charge < -0.3 is 9.47 Å². The molecule has 4 rings (SSSR count). The van der Waals surface area contributed by atoms with Gasteiger partial charge in [-0.2, -0.15) is 11.8 Å². The average molecular weight is 431 g/mol. The standard InChI is InChI=1S/C26H22O4S/c27-25(29-23-13-5-9-19-7-1-3-11-21(19)23)15-17-31-18-16-26(28)30-24-14-6-10-20-8-2-4-12-22(20)24/h1-14H,15-18H2. The Labute approximate surface area is 185 Å². The van der Waals surface area contributed by atoms with Crippen molar-refractivity contribution in [3.8, 4) is 11.5 Å². The minimum absolute atomic E-state index is 0.276. The number of benzene rings is 4. The van der Waals surface area contributed by atoms with Gasteiger partial charge in [-0.05, 0) is 22.9 Å². The summed E-state index contributed by atoms with van der Waals surface area (Å²) in [6, 6.07) is 26.9. The second kappa shape index (κ2) is 10.1. The van der Waals surface area contributed by atoms with E-state index >= 15 is 0 Å². The molecule has 0 bridgehead atoms. The average Bonchev–Trinajstić information content (AvgIpc) is 2.79. The normalized spacial score (nSPS) is 10.8. The van der Waals surface area contributed by atoms with Gasteiger partial charge in [0.15, 0.2) is 0 Å². The van der Waals surface area contributed by atoms with Crippen LogP contribution in [0.2, 0.25) is 0 Å². The molecule has 5 heteroatoms. The first-order valence-corrected chi connectivity index (χ1v) is 11.3. The molecule has 31 heavy (non-hydrogen) atoms. The second-order valence-corrected chi connectivity index (χ2v) is 8.24. The minimum Gasteiger partial charge on any atom is -0.426 e. The van der Waals surface area contributed by atoms with E-state index in [-0.39, 0.29) is 24.8 Å². The molecule has 0 saturated carbocycles. The summed E-state index contributed by atoms with van der Waals surface area (Å²) in [4.78, 5) is 24.4. The Kier molecular flexibility index (Phi) is 6.85. The molecule has 0 fully saturated rings. The van der Waals surface area contributed by atoms with E-state index in [4.69, 9.17) is 9.47 Å². The van der Waals surface area contributed by atoms with E-state index in [0.717, 1.165) is 21.5 Å². The quantitative estimate of drug-likeness (QED) is 0.194. The summed E-state index contributed by atoms with van der Waals surface area (Å²) in [5, 5.41) is 3.91. The molecule has 0 saturated heterocycles. The molecule has 0 aliphatic rings. The molecular weight excluding hydrogens is 408 g/mol. The highest BCUT2D eigenvalue weighted by Gasteiger charge is 2.10. The van der Waals surface area contributed by atoms with Crippen LogP contribution in [0.1, 0.15) is 12.8 Å². The molecule has 4 aromatic carbocycles. The van der Waals surface area contributed by atoms with Crippen LogP contribution >= 0.6 is 11.8 Å². The Morgan fingerprint density at radius 3 is 1.48 bits per heavy atom. The Morgan fingerprint density at radius 2 is 1.00 bits per heavy atom. The van der Waals surface area contributed by atoms with Gasteiger partial charge >= 0.3 is 11.9 Å². The van der Waals surface area contributed by atoms with Crippen LogP contribution in [0.4, 0.5) is 0 Å². The lowest BCUT2D eigenvalue weighted by Gasteiger charge is -2.08. The zero-order valence-electron chi connectivity index (χ0n) is 17.0.